The lowest BCUT2D eigenvalue weighted by molar-refractivity contribution is -0.274. The van der Waals surface area contributed by atoms with Crippen LogP contribution in [0.25, 0.3) is 0 Å². The van der Waals surface area contributed by atoms with Crippen molar-refractivity contribution in [1.29, 1.82) is 0 Å². The van der Waals surface area contributed by atoms with Crippen LogP contribution >= 0.6 is 24.0 Å². The van der Waals surface area contributed by atoms with Gasteiger partial charge < -0.3 is 30.1 Å². The van der Waals surface area contributed by atoms with Gasteiger partial charge >= 0.3 is 6.36 Å². The summed E-state index contributed by atoms with van der Waals surface area (Å²) in [6.07, 6.45) is -4.73. The summed E-state index contributed by atoms with van der Waals surface area (Å²) in [5.41, 5.74) is 0.456. The van der Waals surface area contributed by atoms with E-state index in [1.54, 1.807) is 7.11 Å². The molecule has 0 bridgehead atoms. The fraction of sp³-hybridized carbons (Fsp3) is 0.632. The number of alkyl halides is 3. The van der Waals surface area contributed by atoms with Crippen molar-refractivity contribution in [2.24, 2.45) is 4.99 Å². The molecule has 11 heteroatoms. The van der Waals surface area contributed by atoms with E-state index in [1.165, 1.54) is 24.3 Å². The predicted molar refractivity (Wildman–Crippen MR) is 121 cm³/mol. The van der Waals surface area contributed by atoms with Crippen LogP contribution in [0, 0.1) is 0 Å². The van der Waals surface area contributed by atoms with E-state index >= 15 is 0 Å². The van der Waals surface area contributed by atoms with E-state index in [1.807, 2.05) is 14.0 Å². The number of hydrogen-bond acceptors (Lipinski definition) is 5. The van der Waals surface area contributed by atoms with Crippen LogP contribution in [-0.4, -0.2) is 75.8 Å². The van der Waals surface area contributed by atoms with Crippen LogP contribution in [0.2, 0.25) is 0 Å². The highest BCUT2D eigenvalue weighted by Crippen LogP contribution is 2.24. The number of halogens is 4. The minimum Gasteiger partial charge on any atom is -0.406 e. The molecule has 174 valence electrons. The Balaban J connectivity index is 0.00000841. The zero-order valence-electron chi connectivity index (χ0n) is 17.5. The molecule has 3 N–H and O–H groups in total. The summed E-state index contributed by atoms with van der Waals surface area (Å²) >= 11 is 0. The summed E-state index contributed by atoms with van der Waals surface area (Å²) < 4.78 is 45.5. The number of ether oxygens (including phenoxy) is 2. The zero-order chi connectivity index (χ0) is 21.7. The Morgan fingerprint density at radius 1 is 1.20 bits per heavy atom. The standard InChI is InChI=1S/C19H31F3N4O3.HI/c1-4-23-18(24-10-12-26(2)11-5-13-28-3)25-14-17(27)15-6-8-16(9-7-15)29-19(20,21)22;/h6-9,17,27H,4-5,10-14H2,1-3H3,(H2,23,24,25);1H. The molecule has 1 aromatic rings. The summed E-state index contributed by atoms with van der Waals surface area (Å²) in [5.74, 6) is 0.232. The first-order valence-corrected chi connectivity index (χ1v) is 9.48. The lowest BCUT2D eigenvalue weighted by Crippen LogP contribution is -2.41. The first kappa shape index (κ1) is 28.7. The maximum absolute atomic E-state index is 12.2. The van der Waals surface area contributed by atoms with Gasteiger partial charge in [-0.15, -0.1) is 37.1 Å². The van der Waals surface area contributed by atoms with Gasteiger partial charge in [0, 0.05) is 39.9 Å². The monoisotopic (exact) mass is 548 g/mol. The Bertz CT molecular complexity index is 604. The third kappa shape index (κ3) is 13.1. The number of aliphatic hydroxyl groups excluding tert-OH is 1. The first-order chi connectivity index (χ1) is 13.7. The van der Waals surface area contributed by atoms with Gasteiger partial charge in [-0.3, -0.25) is 4.99 Å². The lowest BCUT2D eigenvalue weighted by atomic mass is 10.1. The van der Waals surface area contributed by atoms with E-state index in [0.29, 0.717) is 24.6 Å². The van der Waals surface area contributed by atoms with Crippen molar-refractivity contribution in [3.05, 3.63) is 29.8 Å². The van der Waals surface area contributed by atoms with Crippen molar-refractivity contribution in [2.75, 3.05) is 53.5 Å². The van der Waals surface area contributed by atoms with Gasteiger partial charge in [-0.25, -0.2) is 0 Å². The number of nitrogens with zero attached hydrogens (tertiary/aromatic N) is 2. The van der Waals surface area contributed by atoms with Crippen LogP contribution in [0.15, 0.2) is 29.3 Å². The molecule has 0 aromatic heterocycles. The average molecular weight is 548 g/mol. The molecular formula is C19H32F3IN4O3. The van der Waals surface area contributed by atoms with E-state index < -0.39 is 12.5 Å². The van der Waals surface area contributed by atoms with Crippen molar-refractivity contribution >= 4 is 29.9 Å². The van der Waals surface area contributed by atoms with Gasteiger partial charge in [0.1, 0.15) is 5.75 Å². The third-order valence-corrected chi connectivity index (χ3v) is 3.94. The van der Waals surface area contributed by atoms with Crippen LogP contribution in [-0.2, 0) is 4.74 Å². The van der Waals surface area contributed by atoms with Gasteiger partial charge in [-0.1, -0.05) is 12.1 Å². The molecule has 0 heterocycles. The highest BCUT2D eigenvalue weighted by atomic mass is 127. The van der Waals surface area contributed by atoms with Crippen LogP contribution in [0.1, 0.15) is 25.0 Å². The van der Waals surface area contributed by atoms with E-state index in [2.05, 4.69) is 25.3 Å². The Labute approximate surface area is 193 Å². The molecule has 0 aliphatic rings. The maximum Gasteiger partial charge on any atom is 0.573 e. The van der Waals surface area contributed by atoms with E-state index in [-0.39, 0.29) is 36.3 Å². The molecular weight excluding hydrogens is 516 g/mol. The van der Waals surface area contributed by atoms with Gasteiger partial charge in [-0.05, 0) is 38.1 Å². The van der Waals surface area contributed by atoms with Crippen molar-refractivity contribution in [2.45, 2.75) is 25.8 Å². The Hall–Kier alpha value is -1.31. The largest absolute Gasteiger partial charge is 0.573 e. The summed E-state index contributed by atoms with van der Waals surface area (Å²) in [6.45, 7) is 5.81. The zero-order valence-corrected chi connectivity index (χ0v) is 19.9. The highest BCUT2D eigenvalue weighted by molar-refractivity contribution is 14.0. The minimum atomic E-state index is -4.74. The van der Waals surface area contributed by atoms with Crippen LogP contribution in [0.5, 0.6) is 5.75 Å². The summed E-state index contributed by atoms with van der Waals surface area (Å²) in [4.78, 5) is 6.51. The third-order valence-electron chi connectivity index (χ3n) is 3.94. The SMILES string of the molecule is CCNC(=NCC(O)c1ccc(OC(F)(F)F)cc1)NCCN(C)CCCOC.I. The molecule has 0 spiro atoms. The molecule has 1 unspecified atom stereocenters. The number of aliphatic imine (C=N–C) groups is 1. The quantitative estimate of drug-likeness (QED) is 0.162. The summed E-state index contributed by atoms with van der Waals surface area (Å²) in [5, 5.41) is 16.5. The van der Waals surface area contributed by atoms with Crippen molar-refractivity contribution in [3.8, 4) is 5.75 Å². The number of hydrogen-bond donors (Lipinski definition) is 3. The second kappa shape index (κ2) is 15.5. The smallest absolute Gasteiger partial charge is 0.406 e. The average Bonchev–Trinajstić information content (AvgIpc) is 2.65. The van der Waals surface area contributed by atoms with E-state index in [0.717, 1.165) is 26.1 Å². The second-order valence-electron chi connectivity index (χ2n) is 6.43. The topological polar surface area (TPSA) is 78.4 Å². The number of guanidine groups is 1. The van der Waals surface area contributed by atoms with Crippen molar-refractivity contribution in [1.82, 2.24) is 15.5 Å². The number of methoxy groups -OCH3 is 1. The molecule has 0 amide bonds. The molecule has 0 aliphatic carbocycles. The molecule has 0 saturated carbocycles. The Morgan fingerprint density at radius 3 is 2.43 bits per heavy atom. The Kier molecular flexibility index (Phi) is 14.8. The number of rotatable bonds is 12. The van der Waals surface area contributed by atoms with Gasteiger partial charge in [0.05, 0.1) is 12.6 Å². The number of likely N-dealkylation sites (N-methyl/N-ethyl adjacent to an activating group) is 1. The number of aliphatic hydroxyl groups is 1. The Morgan fingerprint density at radius 2 is 1.87 bits per heavy atom. The normalized spacial score (nSPS) is 13.0. The lowest BCUT2D eigenvalue weighted by Gasteiger charge is -2.18. The minimum absolute atomic E-state index is 0. The molecule has 1 atom stereocenters. The fourth-order valence-corrected chi connectivity index (χ4v) is 2.47. The predicted octanol–water partition coefficient (Wildman–Crippen LogP) is 2.76. The molecule has 30 heavy (non-hydrogen) atoms. The molecule has 0 aliphatic heterocycles. The van der Waals surface area contributed by atoms with Gasteiger partial charge in [0.25, 0.3) is 0 Å². The molecule has 1 rings (SSSR count). The van der Waals surface area contributed by atoms with Crippen molar-refractivity contribution < 1.29 is 27.8 Å². The van der Waals surface area contributed by atoms with E-state index in [9.17, 15) is 18.3 Å². The maximum atomic E-state index is 12.2. The van der Waals surface area contributed by atoms with E-state index in [4.69, 9.17) is 4.74 Å². The molecule has 7 nitrogen and oxygen atoms in total. The van der Waals surface area contributed by atoms with Gasteiger partial charge in [0.2, 0.25) is 0 Å². The van der Waals surface area contributed by atoms with Crippen molar-refractivity contribution in [3.63, 3.8) is 0 Å². The number of nitrogens with one attached hydrogen (secondary N) is 2. The molecule has 1 aromatic carbocycles. The van der Waals surface area contributed by atoms with Gasteiger partial charge in [-0.2, -0.15) is 0 Å². The second-order valence-corrected chi connectivity index (χ2v) is 6.43. The first-order valence-electron chi connectivity index (χ1n) is 9.48. The fourth-order valence-electron chi connectivity index (χ4n) is 2.47. The highest BCUT2D eigenvalue weighted by Gasteiger charge is 2.31. The van der Waals surface area contributed by atoms with Crippen LogP contribution in [0.3, 0.4) is 0 Å². The van der Waals surface area contributed by atoms with Crippen LogP contribution in [0.4, 0.5) is 13.2 Å². The van der Waals surface area contributed by atoms with Gasteiger partial charge in [0.15, 0.2) is 5.96 Å². The summed E-state index contributed by atoms with van der Waals surface area (Å²) in [7, 11) is 3.71. The molecule has 0 saturated heterocycles. The molecule has 0 radical (unpaired) electrons. The molecule has 0 fully saturated rings. The summed E-state index contributed by atoms with van der Waals surface area (Å²) in [6, 6.07) is 5.10. The van der Waals surface area contributed by atoms with Crippen LogP contribution < -0.4 is 15.4 Å². The number of benzene rings is 1.